The lowest BCUT2D eigenvalue weighted by Crippen LogP contribution is -3.00. The molecular weight excluding hydrogens is 752 g/mol. The van der Waals surface area contributed by atoms with E-state index in [9.17, 15) is 20.2 Å². The van der Waals surface area contributed by atoms with Crippen molar-refractivity contribution in [3.63, 3.8) is 0 Å². The highest BCUT2D eigenvalue weighted by molar-refractivity contribution is 5.33. The first-order chi connectivity index (χ1) is 21.2. The molecule has 0 heterocycles. The van der Waals surface area contributed by atoms with Crippen LogP contribution in [0.4, 0.5) is 11.4 Å². The summed E-state index contributed by atoms with van der Waals surface area (Å²) in [5.41, 5.74) is 2.45. The van der Waals surface area contributed by atoms with Crippen molar-refractivity contribution in [3.05, 3.63) is 104 Å². The lowest BCUT2D eigenvalue weighted by atomic mass is 10.1. The van der Waals surface area contributed by atoms with E-state index in [-0.39, 0.29) is 66.1 Å². The molecule has 0 atom stereocenters. The van der Waals surface area contributed by atoms with Crippen molar-refractivity contribution < 1.29 is 73.2 Å². The van der Waals surface area contributed by atoms with Gasteiger partial charge in [0.05, 0.1) is 62.3 Å². The van der Waals surface area contributed by atoms with Gasteiger partial charge in [-0.1, -0.05) is 0 Å². The fourth-order valence-electron chi connectivity index (χ4n) is 5.72. The molecule has 270 valence electrons. The number of benzene rings is 3. The minimum Gasteiger partial charge on any atom is -1.00 e. The third kappa shape index (κ3) is 14.1. The number of hydrogen-bond acceptors (Lipinski definition) is 6. The SMILES string of the molecule is CC[N+](CC)(CCCOc1ccc(OCCC[N+](CC)(CC)Cc2ccc([N+](=O)[O-])cc2)cc1)Cc1ccc([N+](=O)[O-])cc1.O.O.[Br-].[Br-]. The van der Waals surface area contributed by atoms with E-state index in [0.29, 0.717) is 13.2 Å². The number of rotatable bonds is 20. The summed E-state index contributed by atoms with van der Waals surface area (Å²) in [6.07, 6.45) is 1.81. The number of nitro benzene ring substituents is 2. The van der Waals surface area contributed by atoms with Gasteiger partial charge < -0.3 is 63.4 Å². The van der Waals surface area contributed by atoms with Gasteiger partial charge in [0.1, 0.15) is 24.6 Å². The molecule has 0 aliphatic rings. The van der Waals surface area contributed by atoms with Crippen molar-refractivity contribution >= 4 is 11.4 Å². The number of quaternary nitrogens is 2. The Hall–Kier alpha value is -3.14. The quantitative estimate of drug-likeness (QED) is 0.0647. The molecule has 0 fully saturated rings. The normalized spacial score (nSPS) is 10.8. The maximum atomic E-state index is 11.0. The van der Waals surface area contributed by atoms with Gasteiger partial charge in [-0.15, -0.1) is 0 Å². The van der Waals surface area contributed by atoms with Crippen molar-refractivity contribution in [2.45, 2.75) is 53.6 Å². The Labute approximate surface area is 305 Å². The van der Waals surface area contributed by atoms with Gasteiger partial charge in [0, 0.05) is 48.2 Å². The third-order valence-corrected chi connectivity index (χ3v) is 8.93. The zero-order valence-corrected chi connectivity index (χ0v) is 31.6. The molecule has 3 rings (SSSR count). The largest absolute Gasteiger partial charge is 1.00 e. The Morgan fingerprint density at radius 3 is 1.08 bits per heavy atom. The highest BCUT2D eigenvalue weighted by Crippen LogP contribution is 2.22. The number of nitrogens with zero attached hydrogens (tertiary/aromatic N) is 4. The van der Waals surface area contributed by atoms with E-state index in [2.05, 4.69) is 27.7 Å². The van der Waals surface area contributed by atoms with Crippen LogP contribution in [0.25, 0.3) is 0 Å². The molecule has 0 aliphatic carbocycles. The molecule has 0 spiro atoms. The lowest BCUT2D eigenvalue weighted by Gasteiger charge is -2.37. The van der Waals surface area contributed by atoms with Crippen molar-refractivity contribution in [1.29, 1.82) is 0 Å². The Morgan fingerprint density at radius 2 is 0.833 bits per heavy atom. The summed E-state index contributed by atoms with van der Waals surface area (Å²) in [6, 6.07) is 21.6. The van der Waals surface area contributed by atoms with Gasteiger partial charge in [0.15, 0.2) is 0 Å². The highest BCUT2D eigenvalue weighted by Gasteiger charge is 2.25. The summed E-state index contributed by atoms with van der Waals surface area (Å²) in [5.74, 6) is 1.63. The Balaban J connectivity index is 0. The number of ether oxygens (including phenoxy) is 2. The van der Waals surface area contributed by atoms with Crippen LogP contribution in [0.3, 0.4) is 0 Å². The average molecular weight is 805 g/mol. The first-order valence-electron chi connectivity index (χ1n) is 15.7. The van der Waals surface area contributed by atoms with Crippen LogP contribution in [0.15, 0.2) is 72.8 Å². The molecule has 14 heteroatoms. The topological polar surface area (TPSA) is 168 Å². The minimum atomic E-state index is -0.362. The van der Waals surface area contributed by atoms with E-state index in [1.165, 1.54) is 0 Å². The van der Waals surface area contributed by atoms with Crippen molar-refractivity contribution in [1.82, 2.24) is 0 Å². The number of halogens is 2. The van der Waals surface area contributed by atoms with Crippen LogP contribution < -0.4 is 43.4 Å². The third-order valence-electron chi connectivity index (χ3n) is 8.93. The van der Waals surface area contributed by atoms with E-state index in [1.807, 2.05) is 48.5 Å². The van der Waals surface area contributed by atoms with E-state index in [1.54, 1.807) is 24.3 Å². The first kappa shape index (κ1) is 47.0. The van der Waals surface area contributed by atoms with Crippen molar-refractivity contribution in [3.8, 4) is 11.5 Å². The summed E-state index contributed by atoms with van der Waals surface area (Å²) < 4.78 is 13.9. The molecule has 12 nitrogen and oxygen atoms in total. The second kappa shape index (κ2) is 23.3. The molecule has 0 saturated carbocycles. The van der Waals surface area contributed by atoms with Crippen molar-refractivity contribution in [2.75, 3.05) is 52.5 Å². The summed E-state index contributed by atoms with van der Waals surface area (Å²) in [7, 11) is 0. The maximum absolute atomic E-state index is 11.0. The fraction of sp³-hybridized carbons (Fsp3) is 0.471. The van der Waals surface area contributed by atoms with Gasteiger partial charge in [-0.2, -0.15) is 0 Å². The van der Waals surface area contributed by atoms with Gasteiger partial charge in [-0.3, -0.25) is 20.2 Å². The van der Waals surface area contributed by atoms with Crippen LogP contribution in [0, 0.1) is 20.2 Å². The number of non-ortho nitro benzene ring substituents is 2. The predicted molar refractivity (Wildman–Crippen MR) is 180 cm³/mol. The summed E-state index contributed by atoms with van der Waals surface area (Å²) in [5, 5.41) is 21.9. The molecule has 3 aromatic rings. The summed E-state index contributed by atoms with van der Waals surface area (Å²) >= 11 is 0. The molecule has 0 bridgehead atoms. The van der Waals surface area contributed by atoms with Gasteiger partial charge in [-0.05, 0) is 76.2 Å². The van der Waals surface area contributed by atoms with E-state index in [4.69, 9.17) is 9.47 Å². The molecule has 0 saturated heterocycles. The average Bonchev–Trinajstić information content (AvgIpc) is 3.05. The van der Waals surface area contributed by atoms with Gasteiger partial charge >= 0.3 is 0 Å². The first-order valence-corrected chi connectivity index (χ1v) is 15.7. The minimum absolute atomic E-state index is 0. The molecule has 0 aromatic heterocycles. The zero-order chi connectivity index (χ0) is 32.0. The van der Waals surface area contributed by atoms with Crippen LogP contribution in [0.2, 0.25) is 0 Å². The lowest BCUT2D eigenvalue weighted by molar-refractivity contribution is -0.938. The molecule has 3 aromatic carbocycles. The van der Waals surface area contributed by atoms with E-state index in [0.717, 1.165) is 96.8 Å². The molecule has 0 aliphatic heterocycles. The number of hydrogen-bond donors (Lipinski definition) is 0. The molecule has 4 N–H and O–H groups in total. The van der Waals surface area contributed by atoms with Crippen LogP contribution in [-0.2, 0) is 13.1 Å². The Kier molecular flexibility index (Phi) is 22.8. The van der Waals surface area contributed by atoms with Gasteiger partial charge in [0.25, 0.3) is 11.4 Å². The van der Waals surface area contributed by atoms with Crippen LogP contribution in [-0.4, -0.2) is 82.2 Å². The Bertz CT molecular complexity index is 1220. The van der Waals surface area contributed by atoms with Gasteiger partial charge in [0.2, 0.25) is 0 Å². The summed E-state index contributed by atoms with van der Waals surface area (Å²) in [6.45, 7) is 17.5. The predicted octanol–water partition coefficient (Wildman–Crippen LogP) is -0.487. The van der Waals surface area contributed by atoms with Crippen molar-refractivity contribution in [2.24, 2.45) is 0 Å². The molecule has 0 amide bonds. The van der Waals surface area contributed by atoms with Gasteiger partial charge in [-0.25, -0.2) is 0 Å². The second-order valence-electron chi connectivity index (χ2n) is 11.4. The van der Waals surface area contributed by atoms with Crippen LogP contribution in [0.1, 0.15) is 51.7 Å². The summed E-state index contributed by atoms with van der Waals surface area (Å²) in [4.78, 5) is 21.2. The molecule has 0 radical (unpaired) electrons. The number of nitro groups is 2. The Morgan fingerprint density at radius 1 is 0.542 bits per heavy atom. The maximum Gasteiger partial charge on any atom is 0.269 e. The molecule has 48 heavy (non-hydrogen) atoms. The van der Waals surface area contributed by atoms with Crippen LogP contribution in [0.5, 0.6) is 11.5 Å². The monoisotopic (exact) mass is 802 g/mol. The highest BCUT2D eigenvalue weighted by atomic mass is 79.9. The smallest absolute Gasteiger partial charge is 0.269 e. The molecular formula is C34H52Br2N4O8. The van der Waals surface area contributed by atoms with Crippen LogP contribution >= 0.6 is 0 Å². The fourth-order valence-corrected chi connectivity index (χ4v) is 5.72. The molecule has 0 unspecified atom stereocenters. The van der Waals surface area contributed by atoms with E-state index >= 15 is 0 Å². The zero-order valence-electron chi connectivity index (χ0n) is 28.4. The second-order valence-corrected chi connectivity index (χ2v) is 11.4. The van der Waals surface area contributed by atoms with E-state index < -0.39 is 0 Å². The standard InChI is InChI=1S/C34H48N4O6.2BrH.2H2O/c1-5-37(6-2,27-29-11-15-31(16-12-29)35(39)40)23-9-25-43-33-19-21-34(22-20-33)44-26-10-24-38(7-3,8-4)28-30-13-17-32(18-14-30)36(41)42;;;;/h11-22H,5-10,23-28H2,1-4H3;2*1H;2*1H2/q+2;;;;/p-2.